The Balaban J connectivity index is 1.68. The summed E-state index contributed by atoms with van der Waals surface area (Å²) >= 11 is 0. The van der Waals surface area contributed by atoms with E-state index in [9.17, 15) is 9.90 Å². The Kier molecular flexibility index (Phi) is 5.07. The number of amides is 1. The third kappa shape index (κ3) is 3.48. The Labute approximate surface area is 182 Å². The number of rotatable bonds is 2. The standard InChI is InChI=1S/C20H23N9O3/c1-21-17-7-16-24-14-5-11(6-15-18(14)26-27-28(15)2)10-32-4-3-12(9-30)23-20(31)13-8-22-29(17)19(13)25-16/h5-8,12,21,30H,3-4,9-10H2,1-2H3,(H,23,31)(H,24,25)/t12-/m0/s1. The molecule has 12 heteroatoms. The Morgan fingerprint density at radius 2 is 2.22 bits per heavy atom. The number of carbonyl (C=O) groups is 1. The molecule has 5 rings (SSSR count). The number of aromatic nitrogens is 6. The van der Waals surface area contributed by atoms with E-state index in [4.69, 9.17) is 4.74 Å². The van der Waals surface area contributed by atoms with E-state index < -0.39 is 6.04 Å². The first-order valence-electron chi connectivity index (χ1n) is 10.2. The van der Waals surface area contributed by atoms with Gasteiger partial charge in [0.25, 0.3) is 5.91 Å². The number of nitrogens with zero attached hydrogens (tertiary/aromatic N) is 6. The molecule has 4 N–H and O–H groups in total. The predicted octanol–water partition coefficient (Wildman–Crippen LogP) is 0.807. The number of hydrogen-bond donors (Lipinski definition) is 4. The Morgan fingerprint density at radius 3 is 3.03 bits per heavy atom. The van der Waals surface area contributed by atoms with Gasteiger partial charge in [-0.05, 0) is 24.1 Å². The van der Waals surface area contributed by atoms with Gasteiger partial charge in [-0.15, -0.1) is 5.10 Å². The summed E-state index contributed by atoms with van der Waals surface area (Å²) in [5.74, 6) is 0.793. The average molecular weight is 437 g/mol. The van der Waals surface area contributed by atoms with Gasteiger partial charge in [0.2, 0.25) is 0 Å². The van der Waals surface area contributed by atoms with Gasteiger partial charge in [-0.2, -0.15) is 9.61 Å². The minimum atomic E-state index is -0.452. The van der Waals surface area contributed by atoms with Crippen LogP contribution in [0, 0.1) is 0 Å². The third-order valence-corrected chi connectivity index (χ3v) is 5.45. The van der Waals surface area contributed by atoms with Crippen LogP contribution in [0.5, 0.6) is 0 Å². The van der Waals surface area contributed by atoms with Gasteiger partial charge >= 0.3 is 0 Å². The number of benzene rings is 1. The summed E-state index contributed by atoms with van der Waals surface area (Å²) in [5.41, 5.74) is 3.89. The van der Waals surface area contributed by atoms with Crippen LogP contribution in [-0.4, -0.2) is 66.9 Å². The summed E-state index contributed by atoms with van der Waals surface area (Å²) in [7, 11) is 3.60. The van der Waals surface area contributed by atoms with E-state index in [0.717, 1.165) is 16.8 Å². The molecule has 3 aromatic heterocycles. The van der Waals surface area contributed by atoms with Gasteiger partial charge in [-0.3, -0.25) is 4.79 Å². The maximum atomic E-state index is 12.9. The smallest absolute Gasteiger partial charge is 0.257 e. The number of fused-ring (bicyclic) bond motifs is 5. The summed E-state index contributed by atoms with van der Waals surface area (Å²) in [5, 5.41) is 31.7. The molecule has 0 fully saturated rings. The second-order valence-corrected chi connectivity index (χ2v) is 7.61. The van der Waals surface area contributed by atoms with Crippen molar-refractivity contribution in [2.24, 2.45) is 7.05 Å². The topological polar surface area (TPSA) is 144 Å². The lowest BCUT2D eigenvalue weighted by Crippen LogP contribution is -2.38. The van der Waals surface area contributed by atoms with Crippen LogP contribution in [0.25, 0.3) is 16.7 Å². The lowest BCUT2D eigenvalue weighted by atomic mass is 10.1. The zero-order valence-corrected chi connectivity index (χ0v) is 17.7. The largest absolute Gasteiger partial charge is 0.394 e. The molecule has 0 saturated heterocycles. The highest BCUT2D eigenvalue weighted by Gasteiger charge is 2.21. The number of aliphatic hydroxyl groups is 1. The molecular weight excluding hydrogens is 414 g/mol. The molecule has 1 aromatic carbocycles. The summed E-state index contributed by atoms with van der Waals surface area (Å²) in [6.07, 6.45) is 1.93. The predicted molar refractivity (Wildman–Crippen MR) is 117 cm³/mol. The Hall–Kier alpha value is -3.77. The van der Waals surface area contributed by atoms with Crippen molar-refractivity contribution < 1.29 is 14.6 Å². The van der Waals surface area contributed by atoms with Crippen LogP contribution in [0.1, 0.15) is 22.3 Å². The number of ether oxygens (including phenoxy) is 1. The number of aliphatic hydroxyl groups excluding tert-OH is 1. The monoisotopic (exact) mass is 437 g/mol. The van der Waals surface area contributed by atoms with E-state index in [-0.39, 0.29) is 12.5 Å². The quantitative estimate of drug-likeness (QED) is 0.358. The number of aryl methyl sites for hydroxylation is 1. The molecule has 0 saturated carbocycles. The summed E-state index contributed by atoms with van der Waals surface area (Å²) < 4.78 is 9.09. The molecule has 1 amide bonds. The number of anilines is 3. The maximum absolute atomic E-state index is 12.9. The van der Waals surface area contributed by atoms with Gasteiger partial charge in [0, 0.05) is 26.8 Å². The van der Waals surface area contributed by atoms with Crippen LogP contribution < -0.4 is 16.0 Å². The Morgan fingerprint density at radius 1 is 1.34 bits per heavy atom. The van der Waals surface area contributed by atoms with Crippen LogP contribution in [0.3, 0.4) is 0 Å². The van der Waals surface area contributed by atoms with E-state index in [2.05, 4.69) is 36.3 Å². The van der Waals surface area contributed by atoms with Crippen molar-refractivity contribution in [1.82, 2.24) is 34.9 Å². The number of nitrogens with one attached hydrogen (secondary N) is 3. The lowest BCUT2D eigenvalue weighted by molar-refractivity contribution is 0.0842. The van der Waals surface area contributed by atoms with E-state index in [0.29, 0.717) is 48.0 Å². The van der Waals surface area contributed by atoms with Crippen molar-refractivity contribution in [2.45, 2.75) is 19.1 Å². The van der Waals surface area contributed by atoms with Crippen LogP contribution in [0.15, 0.2) is 24.4 Å². The molecule has 0 aliphatic carbocycles. The molecule has 1 aliphatic heterocycles. The number of carbonyl (C=O) groups excluding carboxylic acids is 1. The molecule has 12 nitrogen and oxygen atoms in total. The molecule has 4 aromatic rings. The highest BCUT2D eigenvalue weighted by atomic mass is 16.5. The van der Waals surface area contributed by atoms with Crippen LogP contribution in [0.2, 0.25) is 0 Å². The van der Waals surface area contributed by atoms with E-state index >= 15 is 0 Å². The molecule has 0 unspecified atom stereocenters. The van der Waals surface area contributed by atoms with E-state index in [1.165, 1.54) is 6.20 Å². The van der Waals surface area contributed by atoms with E-state index in [1.54, 1.807) is 22.3 Å². The molecule has 166 valence electrons. The van der Waals surface area contributed by atoms with Gasteiger partial charge in [0.15, 0.2) is 5.65 Å². The highest BCUT2D eigenvalue weighted by Crippen LogP contribution is 2.28. The van der Waals surface area contributed by atoms with Gasteiger partial charge in [-0.25, -0.2) is 9.67 Å². The van der Waals surface area contributed by atoms with Crippen molar-refractivity contribution in [1.29, 1.82) is 0 Å². The fraction of sp³-hybridized carbons (Fsp3) is 0.350. The second-order valence-electron chi connectivity index (χ2n) is 7.61. The summed E-state index contributed by atoms with van der Waals surface area (Å²) in [6.45, 7) is 0.531. The lowest BCUT2D eigenvalue weighted by Gasteiger charge is -2.16. The zero-order chi connectivity index (χ0) is 22.2. The number of hydrogen-bond acceptors (Lipinski definition) is 9. The summed E-state index contributed by atoms with van der Waals surface area (Å²) in [4.78, 5) is 17.6. The zero-order valence-electron chi connectivity index (χ0n) is 17.7. The Bertz CT molecular complexity index is 1310. The minimum Gasteiger partial charge on any atom is -0.394 e. The average Bonchev–Trinajstić information content (AvgIpc) is 3.38. The molecule has 0 spiro atoms. The summed E-state index contributed by atoms with van der Waals surface area (Å²) in [6, 6.07) is 5.27. The normalized spacial score (nSPS) is 17.1. The van der Waals surface area contributed by atoms with Gasteiger partial charge in [0.1, 0.15) is 22.7 Å². The molecule has 32 heavy (non-hydrogen) atoms. The van der Waals surface area contributed by atoms with Gasteiger partial charge in [0.05, 0.1) is 36.7 Å². The maximum Gasteiger partial charge on any atom is 0.257 e. The van der Waals surface area contributed by atoms with Crippen molar-refractivity contribution in [3.8, 4) is 0 Å². The molecule has 4 heterocycles. The van der Waals surface area contributed by atoms with Crippen LogP contribution in [-0.2, 0) is 18.4 Å². The third-order valence-electron chi connectivity index (χ3n) is 5.45. The molecule has 1 aliphatic rings. The van der Waals surface area contributed by atoms with Gasteiger partial charge in [-0.1, -0.05) is 5.21 Å². The van der Waals surface area contributed by atoms with Crippen molar-refractivity contribution in [3.05, 3.63) is 35.5 Å². The first kappa shape index (κ1) is 20.2. The fourth-order valence-electron chi connectivity index (χ4n) is 3.76. The second kappa shape index (κ2) is 8.05. The van der Waals surface area contributed by atoms with Crippen LogP contribution in [0.4, 0.5) is 17.3 Å². The van der Waals surface area contributed by atoms with Crippen molar-refractivity contribution in [2.75, 3.05) is 30.9 Å². The van der Waals surface area contributed by atoms with Crippen molar-refractivity contribution >= 4 is 39.9 Å². The van der Waals surface area contributed by atoms with Gasteiger partial charge < -0.3 is 25.8 Å². The molecular formula is C20H23N9O3. The SMILES string of the molecule is CNc1cc2nc3c(cnn13)C(=O)N[C@H](CO)CCOCc1cc(c3nnn(C)c3c1)N2. The van der Waals surface area contributed by atoms with Crippen molar-refractivity contribution in [3.63, 3.8) is 0 Å². The first-order valence-corrected chi connectivity index (χ1v) is 10.2. The van der Waals surface area contributed by atoms with E-state index in [1.807, 2.05) is 19.2 Å². The fourth-order valence-corrected chi connectivity index (χ4v) is 3.76. The molecule has 4 bridgehead atoms. The highest BCUT2D eigenvalue weighted by molar-refractivity contribution is 6.00. The first-order chi connectivity index (χ1) is 15.6. The molecule has 0 radical (unpaired) electrons. The minimum absolute atomic E-state index is 0.201. The van der Waals surface area contributed by atoms with Crippen LogP contribution >= 0.6 is 0 Å². The molecule has 1 atom stereocenters.